The maximum atomic E-state index is 14.3. The summed E-state index contributed by atoms with van der Waals surface area (Å²) >= 11 is 0. The summed E-state index contributed by atoms with van der Waals surface area (Å²) in [6, 6.07) is -1.13. The third-order valence-electron chi connectivity index (χ3n) is 14.1. The monoisotopic (exact) mass is 900 g/mol. The molecule has 3 N–H and O–H groups in total. The molecule has 4 aliphatic rings. The molecule has 4 rings (SSSR count). The molecule has 360 valence electrons. The SMILES string of the molecule is CO[C@H]1C[C@@H]2CC[C@@H](C)[C@@](O)(O2)C(=O)C(=O)N2CCCCC2C(=O)O[C@H]([C@H](C)C[C@@H]2CC[C@@H](O)[C@H](OC)C2)CC(=O)C/C=C(\C)[C@@H](O)[C@@H](OC)C(=O)[C@H](C)C[C@H](C)/C=C/C=C/C=C/1C. The molecule has 1 unspecified atom stereocenters. The number of aliphatic hydroxyl groups excluding tert-OH is 2. The van der Waals surface area contributed by atoms with Gasteiger partial charge in [0, 0.05) is 59.0 Å². The zero-order valence-electron chi connectivity index (χ0n) is 39.7. The van der Waals surface area contributed by atoms with Crippen LogP contribution in [0.15, 0.2) is 47.6 Å². The first-order valence-electron chi connectivity index (χ1n) is 23.5. The quantitative estimate of drug-likeness (QED) is 0.161. The molecule has 14 heteroatoms. The van der Waals surface area contributed by atoms with Crippen LogP contribution >= 0.6 is 0 Å². The number of piperidine rings is 1. The average molecular weight is 900 g/mol. The maximum Gasteiger partial charge on any atom is 0.329 e. The minimum atomic E-state index is -2.42. The van der Waals surface area contributed by atoms with E-state index < -0.39 is 77.9 Å². The number of ether oxygens (including phenoxy) is 5. The van der Waals surface area contributed by atoms with Crippen molar-refractivity contribution in [2.75, 3.05) is 27.9 Å². The van der Waals surface area contributed by atoms with Gasteiger partial charge in [0.1, 0.15) is 30.1 Å². The second kappa shape index (κ2) is 25.0. The Hall–Kier alpha value is -3.37. The Kier molecular flexibility index (Phi) is 20.8. The molecule has 0 aromatic heterocycles. The minimum absolute atomic E-state index is 0.0239. The zero-order chi connectivity index (χ0) is 47.3. The molecule has 3 aliphatic heterocycles. The lowest BCUT2D eigenvalue weighted by Crippen LogP contribution is -2.61. The van der Waals surface area contributed by atoms with E-state index in [0.29, 0.717) is 63.4 Å². The molecule has 64 heavy (non-hydrogen) atoms. The van der Waals surface area contributed by atoms with Crippen molar-refractivity contribution in [3.63, 3.8) is 0 Å². The maximum absolute atomic E-state index is 14.3. The number of allylic oxidation sites excluding steroid dienone is 6. The van der Waals surface area contributed by atoms with Crippen LogP contribution in [0.2, 0.25) is 0 Å². The van der Waals surface area contributed by atoms with E-state index in [0.717, 1.165) is 12.0 Å². The molecule has 1 amide bonds. The van der Waals surface area contributed by atoms with E-state index in [1.807, 2.05) is 58.1 Å². The van der Waals surface area contributed by atoms with Crippen molar-refractivity contribution < 1.29 is 63.0 Å². The van der Waals surface area contributed by atoms with Crippen molar-refractivity contribution >= 4 is 29.2 Å². The van der Waals surface area contributed by atoms with Gasteiger partial charge >= 0.3 is 5.97 Å². The molecule has 0 spiro atoms. The van der Waals surface area contributed by atoms with Crippen molar-refractivity contribution in [3.8, 4) is 0 Å². The largest absolute Gasteiger partial charge is 0.460 e. The highest BCUT2D eigenvalue weighted by Crippen LogP contribution is 2.37. The van der Waals surface area contributed by atoms with Gasteiger partial charge in [-0.1, -0.05) is 64.2 Å². The Bertz CT molecular complexity index is 1720. The summed E-state index contributed by atoms with van der Waals surface area (Å²) in [6.07, 6.45) is 11.1. The average Bonchev–Trinajstić information content (AvgIpc) is 3.27. The Balaban J connectivity index is 1.68. The molecule has 1 aliphatic carbocycles. The van der Waals surface area contributed by atoms with Gasteiger partial charge in [0.05, 0.1) is 24.4 Å². The fourth-order valence-corrected chi connectivity index (χ4v) is 9.85. The number of nitrogens with zero attached hydrogens (tertiary/aromatic N) is 1. The number of ketones is 3. The van der Waals surface area contributed by atoms with Crippen molar-refractivity contribution in [1.29, 1.82) is 0 Å². The molecule has 14 atom stereocenters. The third-order valence-corrected chi connectivity index (χ3v) is 14.1. The second-order valence-corrected chi connectivity index (χ2v) is 19.1. The van der Waals surface area contributed by atoms with Crippen LogP contribution in [-0.2, 0) is 47.7 Å². The molecule has 0 aromatic rings. The number of hydrogen-bond acceptors (Lipinski definition) is 13. The summed E-state index contributed by atoms with van der Waals surface area (Å²) in [5, 5.41) is 33.7. The van der Waals surface area contributed by atoms with E-state index >= 15 is 0 Å². The first-order chi connectivity index (χ1) is 30.3. The highest BCUT2D eigenvalue weighted by Gasteiger charge is 2.53. The van der Waals surface area contributed by atoms with Gasteiger partial charge in [-0.05, 0) is 107 Å². The number of carbonyl (C=O) groups is 5. The van der Waals surface area contributed by atoms with Crippen LogP contribution < -0.4 is 0 Å². The number of methoxy groups -OCH3 is 3. The van der Waals surface area contributed by atoms with Crippen LogP contribution in [0.25, 0.3) is 0 Å². The van der Waals surface area contributed by atoms with Gasteiger partial charge in [-0.3, -0.25) is 19.2 Å². The third kappa shape index (κ3) is 14.1. The van der Waals surface area contributed by atoms with E-state index in [9.17, 15) is 39.3 Å². The standard InChI is InChI=1S/C50H77NO13/c1-30-15-11-10-12-16-31(2)41(60-7)29-38-22-19-35(6)50(59,64-38)47(56)48(57)51-24-14-13-17-39(51)49(58)63-42(33(4)26-36-20-23-40(53)43(27-36)61-8)28-37(52)21-18-32(3)44(54)46(62-9)45(55)34(5)25-30/h10-12,15-16,18,30,33-36,38-44,46,53-54,59H,13-14,17,19-29H2,1-9H3/b12-10+,15-11+,31-16+,32-18+/t30-,33-,34-,35-,36+,38+,39?,40-,41+,42+,43-,44-,46-,50-/m1/s1. The number of aliphatic hydroxyl groups is 3. The number of hydrogen-bond donors (Lipinski definition) is 3. The van der Waals surface area contributed by atoms with E-state index in [1.165, 1.54) is 12.0 Å². The molecule has 2 saturated heterocycles. The highest BCUT2D eigenvalue weighted by molar-refractivity contribution is 6.39. The summed E-state index contributed by atoms with van der Waals surface area (Å²) < 4.78 is 29.2. The van der Waals surface area contributed by atoms with E-state index in [2.05, 4.69) is 0 Å². The zero-order valence-corrected chi connectivity index (χ0v) is 39.7. The van der Waals surface area contributed by atoms with Crippen LogP contribution in [-0.4, -0.2) is 132 Å². The molecular formula is C50H77NO13. The number of carbonyl (C=O) groups excluding carboxylic acids is 5. The van der Waals surface area contributed by atoms with Crippen LogP contribution in [0.3, 0.4) is 0 Å². The second-order valence-electron chi connectivity index (χ2n) is 19.1. The van der Waals surface area contributed by atoms with Crippen LogP contribution in [0.5, 0.6) is 0 Å². The molecule has 1 saturated carbocycles. The molecule has 3 fully saturated rings. The van der Waals surface area contributed by atoms with Gasteiger partial charge in [-0.2, -0.15) is 0 Å². The van der Waals surface area contributed by atoms with Gasteiger partial charge in [0.2, 0.25) is 5.79 Å². The lowest BCUT2D eigenvalue weighted by atomic mass is 9.78. The lowest BCUT2D eigenvalue weighted by molar-refractivity contribution is -0.265. The Morgan fingerprint density at radius 2 is 1.59 bits per heavy atom. The van der Waals surface area contributed by atoms with Crippen LogP contribution in [0.1, 0.15) is 125 Å². The minimum Gasteiger partial charge on any atom is -0.460 e. The van der Waals surface area contributed by atoms with Crippen molar-refractivity contribution in [3.05, 3.63) is 47.6 Å². The van der Waals surface area contributed by atoms with Crippen molar-refractivity contribution in [2.24, 2.45) is 29.6 Å². The smallest absolute Gasteiger partial charge is 0.329 e. The Morgan fingerprint density at radius 1 is 0.859 bits per heavy atom. The summed E-state index contributed by atoms with van der Waals surface area (Å²) in [4.78, 5) is 71.2. The molecule has 0 radical (unpaired) electrons. The number of rotatable bonds is 6. The summed E-state index contributed by atoms with van der Waals surface area (Å²) in [5.41, 5.74) is 1.27. The fourth-order valence-electron chi connectivity index (χ4n) is 9.85. The van der Waals surface area contributed by atoms with Gasteiger partial charge in [0.15, 0.2) is 5.78 Å². The summed E-state index contributed by atoms with van der Waals surface area (Å²) in [7, 11) is 4.51. The first kappa shape index (κ1) is 53.2. The Morgan fingerprint density at radius 3 is 2.28 bits per heavy atom. The molecule has 14 nitrogen and oxygen atoms in total. The van der Waals surface area contributed by atoms with Gasteiger partial charge in [-0.15, -0.1) is 0 Å². The first-order valence-corrected chi connectivity index (χ1v) is 23.5. The van der Waals surface area contributed by atoms with Gasteiger partial charge in [-0.25, -0.2) is 4.79 Å². The number of Topliss-reactive ketones (excluding diaryl/α,β-unsaturated/α-hetero) is 3. The molecule has 2 bridgehead atoms. The summed E-state index contributed by atoms with van der Waals surface area (Å²) in [5.74, 6) is -7.18. The topological polar surface area (TPSA) is 195 Å². The van der Waals surface area contributed by atoms with Crippen molar-refractivity contribution in [1.82, 2.24) is 4.90 Å². The predicted molar refractivity (Wildman–Crippen MR) is 241 cm³/mol. The fraction of sp³-hybridized carbons (Fsp3) is 0.740. The normalized spacial score (nSPS) is 39.7. The number of cyclic esters (lactones) is 1. The lowest BCUT2D eigenvalue weighted by Gasteiger charge is -2.42. The Labute approximate surface area is 380 Å². The van der Waals surface area contributed by atoms with Gasteiger partial charge in [0.25, 0.3) is 11.7 Å². The number of esters is 1. The van der Waals surface area contributed by atoms with Crippen LogP contribution in [0.4, 0.5) is 0 Å². The number of amides is 1. The van der Waals surface area contributed by atoms with Crippen LogP contribution in [0, 0.1) is 29.6 Å². The summed E-state index contributed by atoms with van der Waals surface area (Å²) in [6.45, 7) is 11.0. The number of fused-ring (bicyclic) bond motifs is 3. The highest BCUT2D eigenvalue weighted by atomic mass is 16.6. The van der Waals surface area contributed by atoms with E-state index in [4.69, 9.17) is 23.7 Å². The molecule has 3 heterocycles. The van der Waals surface area contributed by atoms with Gasteiger partial charge < -0.3 is 43.9 Å². The molecule has 0 aromatic carbocycles. The predicted octanol–water partition coefficient (Wildman–Crippen LogP) is 5.93. The van der Waals surface area contributed by atoms with E-state index in [1.54, 1.807) is 34.1 Å². The van der Waals surface area contributed by atoms with Crippen molar-refractivity contribution in [2.45, 2.75) is 180 Å². The van der Waals surface area contributed by atoms with E-state index in [-0.39, 0.29) is 61.2 Å². The molecular weight excluding hydrogens is 823 g/mol.